The van der Waals surface area contributed by atoms with Gasteiger partial charge in [0.15, 0.2) is 0 Å². The van der Waals surface area contributed by atoms with Gasteiger partial charge in [-0.15, -0.1) is 0 Å². The van der Waals surface area contributed by atoms with E-state index in [1.807, 2.05) is 6.92 Å². The first kappa shape index (κ1) is 15.0. The lowest BCUT2D eigenvalue weighted by atomic mass is 10.0. The molecule has 0 fully saturated rings. The first-order chi connectivity index (χ1) is 8.51. The maximum Gasteiger partial charge on any atom is 0.287 e. The van der Waals surface area contributed by atoms with Crippen LogP contribution in [0.1, 0.15) is 27.2 Å². The maximum atomic E-state index is 11.8. The van der Waals surface area contributed by atoms with Crippen molar-refractivity contribution < 1.29 is 5.11 Å². The van der Waals surface area contributed by atoms with E-state index in [0.29, 0.717) is 11.6 Å². The van der Waals surface area contributed by atoms with E-state index in [1.54, 1.807) is 0 Å². The lowest BCUT2D eigenvalue weighted by Crippen LogP contribution is -2.28. The van der Waals surface area contributed by atoms with Crippen LogP contribution in [0.3, 0.4) is 0 Å². The number of halogens is 1. The molecule has 102 valence electrons. The molecule has 2 N–H and O–H groups in total. The minimum atomic E-state index is -0.382. The Hall–Kier alpha value is -1.07. The second-order valence-electron chi connectivity index (χ2n) is 4.44. The highest BCUT2D eigenvalue weighted by Gasteiger charge is 2.14. The number of aliphatic hydroxyl groups excluding tert-OH is 1. The standard InChI is InChI=1S/C12H20ClN3O2/c1-4-8(2)9(3)15-10-7-14-16(5-6-17)12(18)11(10)13/h7-9,15,17H,4-6H2,1-3H3. The Bertz CT molecular complexity index is 447. The molecule has 1 heterocycles. The van der Waals surface area contributed by atoms with Crippen LogP contribution in [0.2, 0.25) is 5.02 Å². The van der Waals surface area contributed by atoms with Gasteiger partial charge in [-0.05, 0) is 12.8 Å². The molecule has 6 heteroatoms. The molecule has 1 aromatic heterocycles. The van der Waals surface area contributed by atoms with Crippen LogP contribution in [-0.4, -0.2) is 27.5 Å². The average Bonchev–Trinajstić information content (AvgIpc) is 2.37. The second kappa shape index (κ2) is 6.75. The molecule has 0 radical (unpaired) electrons. The predicted octanol–water partition coefficient (Wildman–Crippen LogP) is 1.74. The fourth-order valence-electron chi connectivity index (χ4n) is 1.56. The van der Waals surface area contributed by atoms with Gasteiger partial charge in [0.05, 0.1) is 25.0 Å². The number of aliphatic hydroxyl groups is 1. The van der Waals surface area contributed by atoms with Crippen molar-refractivity contribution in [2.45, 2.75) is 39.8 Å². The lowest BCUT2D eigenvalue weighted by Gasteiger charge is -2.21. The van der Waals surface area contributed by atoms with Gasteiger partial charge >= 0.3 is 0 Å². The van der Waals surface area contributed by atoms with Crippen molar-refractivity contribution in [3.63, 3.8) is 0 Å². The first-order valence-electron chi connectivity index (χ1n) is 6.14. The topological polar surface area (TPSA) is 67.2 Å². The molecule has 0 saturated heterocycles. The minimum absolute atomic E-state index is 0.119. The zero-order valence-electron chi connectivity index (χ0n) is 11.0. The van der Waals surface area contributed by atoms with Gasteiger partial charge in [0.1, 0.15) is 5.02 Å². The van der Waals surface area contributed by atoms with E-state index >= 15 is 0 Å². The summed E-state index contributed by atoms with van der Waals surface area (Å²) in [5.41, 5.74) is 0.163. The molecule has 2 unspecified atom stereocenters. The molecule has 18 heavy (non-hydrogen) atoms. The zero-order valence-corrected chi connectivity index (χ0v) is 11.7. The second-order valence-corrected chi connectivity index (χ2v) is 4.82. The average molecular weight is 274 g/mol. The summed E-state index contributed by atoms with van der Waals surface area (Å²) in [5.74, 6) is 0.473. The molecule has 2 atom stereocenters. The molecule has 0 saturated carbocycles. The molecule has 0 aliphatic carbocycles. The smallest absolute Gasteiger partial charge is 0.287 e. The summed E-state index contributed by atoms with van der Waals surface area (Å²) < 4.78 is 1.15. The number of nitrogens with one attached hydrogen (secondary N) is 1. The SMILES string of the molecule is CCC(C)C(C)Nc1cnn(CCO)c(=O)c1Cl. The summed E-state index contributed by atoms with van der Waals surface area (Å²) in [7, 11) is 0. The third-order valence-electron chi connectivity index (χ3n) is 3.18. The van der Waals surface area contributed by atoms with Crippen molar-refractivity contribution >= 4 is 17.3 Å². The molecule has 0 amide bonds. The van der Waals surface area contributed by atoms with Crippen LogP contribution in [-0.2, 0) is 6.54 Å². The maximum absolute atomic E-state index is 11.8. The van der Waals surface area contributed by atoms with Crippen LogP contribution in [0, 0.1) is 5.92 Å². The zero-order chi connectivity index (χ0) is 13.7. The third kappa shape index (κ3) is 3.46. The van der Waals surface area contributed by atoms with Crippen molar-refractivity contribution in [1.29, 1.82) is 0 Å². The summed E-state index contributed by atoms with van der Waals surface area (Å²) in [6.45, 7) is 6.30. The summed E-state index contributed by atoms with van der Waals surface area (Å²) >= 11 is 6.01. The van der Waals surface area contributed by atoms with Gasteiger partial charge in [-0.1, -0.05) is 31.9 Å². The molecule has 0 bridgehead atoms. The number of hydrogen-bond acceptors (Lipinski definition) is 4. The van der Waals surface area contributed by atoms with Crippen molar-refractivity contribution in [3.8, 4) is 0 Å². The van der Waals surface area contributed by atoms with Crippen molar-refractivity contribution in [3.05, 3.63) is 21.6 Å². The first-order valence-corrected chi connectivity index (χ1v) is 6.52. The van der Waals surface area contributed by atoms with E-state index in [4.69, 9.17) is 16.7 Å². The Balaban J connectivity index is 2.92. The van der Waals surface area contributed by atoms with Gasteiger partial charge in [-0.3, -0.25) is 4.79 Å². The quantitative estimate of drug-likeness (QED) is 0.828. The molecule has 0 aliphatic rings. The Morgan fingerprint density at radius 3 is 2.78 bits per heavy atom. The summed E-state index contributed by atoms with van der Waals surface area (Å²) in [6.07, 6.45) is 2.57. The van der Waals surface area contributed by atoms with Gasteiger partial charge in [-0.25, -0.2) is 4.68 Å². The van der Waals surface area contributed by atoms with Crippen molar-refractivity contribution in [2.75, 3.05) is 11.9 Å². The lowest BCUT2D eigenvalue weighted by molar-refractivity contribution is 0.266. The van der Waals surface area contributed by atoms with E-state index in [-0.39, 0.29) is 29.8 Å². The third-order valence-corrected chi connectivity index (χ3v) is 3.54. The number of rotatable bonds is 6. The largest absolute Gasteiger partial charge is 0.394 e. The van der Waals surface area contributed by atoms with E-state index in [1.165, 1.54) is 6.20 Å². The Morgan fingerprint density at radius 1 is 1.56 bits per heavy atom. The molecule has 0 aliphatic heterocycles. The van der Waals surface area contributed by atoms with E-state index < -0.39 is 0 Å². The molecule has 5 nitrogen and oxygen atoms in total. The van der Waals surface area contributed by atoms with E-state index in [2.05, 4.69) is 24.3 Å². The van der Waals surface area contributed by atoms with Crippen LogP contribution in [0.15, 0.2) is 11.0 Å². The van der Waals surface area contributed by atoms with E-state index in [0.717, 1.165) is 11.1 Å². The molecular formula is C12H20ClN3O2. The fourth-order valence-corrected chi connectivity index (χ4v) is 1.76. The highest BCUT2D eigenvalue weighted by molar-refractivity contribution is 6.32. The van der Waals surface area contributed by atoms with Crippen LogP contribution >= 0.6 is 11.6 Å². The van der Waals surface area contributed by atoms with Crippen LogP contribution in [0.4, 0.5) is 5.69 Å². The summed E-state index contributed by atoms with van der Waals surface area (Å²) in [6, 6.07) is 0.211. The normalized spacial score (nSPS) is 14.3. The molecular weight excluding hydrogens is 254 g/mol. The minimum Gasteiger partial charge on any atom is -0.394 e. The summed E-state index contributed by atoms with van der Waals surface area (Å²) in [5, 5.41) is 16.1. The number of nitrogens with zero attached hydrogens (tertiary/aromatic N) is 2. The van der Waals surface area contributed by atoms with Crippen LogP contribution < -0.4 is 10.9 Å². The number of anilines is 1. The van der Waals surface area contributed by atoms with Crippen molar-refractivity contribution in [1.82, 2.24) is 9.78 Å². The molecule has 0 spiro atoms. The fraction of sp³-hybridized carbons (Fsp3) is 0.667. The van der Waals surface area contributed by atoms with Gasteiger partial charge in [0, 0.05) is 6.04 Å². The Labute approximate surface area is 112 Å². The van der Waals surface area contributed by atoms with Gasteiger partial charge in [0.2, 0.25) is 0 Å². The van der Waals surface area contributed by atoms with Crippen molar-refractivity contribution in [2.24, 2.45) is 5.92 Å². The molecule has 1 aromatic rings. The Morgan fingerprint density at radius 2 is 2.22 bits per heavy atom. The monoisotopic (exact) mass is 273 g/mol. The highest BCUT2D eigenvalue weighted by Crippen LogP contribution is 2.19. The molecule has 1 rings (SSSR count). The highest BCUT2D eigenvalue weighted by atomic mass is 35.5. The van der Waals surface area contributed by atoms with Gasteiger partial charge in [-0.2, -0.15) is 5.10 Å². The van der Waals surface area contributed by atoms with E-state index in [9.17, 15) is 4.79 Å². The van der Waals surface area contributed by atoms with Gasteiger partial charge < -0.3 is 10.4 Å². The summed E-state index contributed by atoms with van der Waals surface area (Å²) in [4.78, 5) is 11.8. The number of hydrogen-bond donors (Lipinski definition) is 2. The van der Waals surface area contributed by atoms with Crippen LogP contribution in [0.5, 0.6) is 0 Å². The molecule has 0 aromatic carbocycles. The number of aromatic nitrogens is 2. The van der Waals surface area contributed by atoms with Crippen LogP contribution in [0.25, 0.3) is 0 Å². The Kier molecular flexibility index (Phi) is 5.62. The van der Waals surface area contributed by atoms with Gasteiger partial charge in [0.25, 0.3) is 5.56 Å². The predicted molar refractivity (Wildman–Crippen MR) is 73.1 cm³/mol.